The Labute approximate surface area is 91.2 Å². The Morgan fingerprint density at radius 1 is 1.33 bits per heavy atom. The second-order valence-electron chi connectivity index (χ2n) is 3.48. The first-order valence-corrected chi connectivity index (χ1v) is 5.28. The largest absolute Gasteiger partial charge is 0.497 e. The molecule has 3 heteroatoms. The predicted molar refractivity (Wildman–Crippen MR) is 61.4 cm³/mol. The number of hydrogen-bond donors (Lipinski definition) is 1. The van der Waals surface area contributed by atoms with Gasteiger partial charge in [-0.25, -0.2) is 0 Å². The maximum absolute atomic E-state index is 5.79. The number of benzene rings is 1. The van der Waals surface area contributed by atoms with Gasteiger partial charge < -0.3 is 15.2 Å². The normalized spacial score (nSPS) is 12.2. The number of nitrogens with two attached hydrogens (primary N) is 1. The highest BCUT2D eigenvalue weighted by Crippen LogP contribution is 2.18. The Hall–Kier alpha value is -1.22. The Morgan fingerprint density at radius 3 is 2.73 bits per heavy atom. The lowest BCUT2D eigenvalue weighted by Crippen LogP contribution is -2.21. The molecule has 84 valence electrons. The first kappa shape index (κ1) is 11.9. The average Bonchev–Trinajstić information content (AvgIpc) is 2.29. The molecule has 0 saturated carbocycles. The Balaban J connectivity index is 2.37. The molecule has 0 aliphatic rings. The lowest BCUT2D eigenvalue weighted by Gasteiger charge is -2.10. The van der Waals surface area contributed by atoms with Crippen molar-refractivity contribution < 1.29 is 9.47 Å². The summed E-state index contributed by atoms with van der Waals surface area (Å²) in [7, 11) is 1.64. The van der Waals surface area contributed by atoms with Crippen molar-refractivity contribution in [2.45, 2.75) is 25.8 Å². The summed E-state index contributed by atoms with van der Waals surface area (Å²) < 4.78 is 10.7. The molecule has 15 heavy (non-hydrogen) atoms. The molecule has 0 aliphatic heterocycles. The zero-order valence-electron chi connectivity index (χ0n) is 9.40. The van der Waals surface area contributed by atoms with Crippen LogP contribution in [0.4, 0.5) is 0 Å². The molecule has 0 bridgehead atoms. The summed E-state index contributed by atoms with van der Waals surface area (Å²) in [5.74, 6) is 1.64. The molecule has 0 heterocycles. The first-order valence-electron chi connectivity index (χ1n) is 5.28. The van der Waals surface area contributed by atoms with E-state index in [0.717, 1.165) is 24.3 Å². The van der Waals surface area contributed by atoms with Gasteiger partial charge in [-0.15, -0.1) is 0 Å². The molecular weight excluding hydrogens is 190 g/mol. The summed E-state index contributed by atoms with van der Waals surface area (Å²) in [5.41, 5.74) is 5.79. The fraction of sp³-hybridized carbons (Fsp3) is 0.500. The van der Waals surface area contributed by atoms with Gasteiger partial charge in [0.15, 0.2) is 0 Å². The summed E-state index contributed by atoms with van der Waals surface area (Å²) in [6.45, 7) is 2.73. The van der Waals surface area contributed by atoms with E-state index in [1.165, 1.54) is 0 Å². The van der Waals surface area contributed by atoms with E-state index in [9.17, 15) is 0 Å². The maximum Gasteiger partial charge on any atom is 0.122 e. The summed E-state index contributed by atoms with van der Waals surface area (Å²) in [5, 5.41) is 0. The van der Waals surface area contributed by atoms with Crippen molar-refractivity contribution in [2.24, 2.45) is 5.73 Å². The maximum atomic E-state index is 5.79. The van der Waals surface area contributed by atoms with Gasteiger partial charge in [0.05, 0.1) is 13.7 Å². The zero-order chi connectivity index (χ0) is 11.1. The summed E-state index contributed by atoms with van der Waals surface area (Å²) in [4.78, 5) is 0. The summed E-state index contributed by atoms with van der Waals surface area (Å²) in [6, 6.07) is 7.83. The second kappa shape index (κ2) is 6.30. The third-order valence-electron chi connectivity index (χ3n) is 2.32. The van der Waals surface area contributed by atoms with Gasteiger partial charge in [0, 0.05) is 12.1 Å². The lowest BCUT2D eigenvalue weighted by atomic mass is 10.2. The van der Waals surface area contributed by atoms with Crippen molar-refractivity contribution in [3.63, 3.8) is 0 Å². The minimum absolute atomic E-state index is 0.232. The van der Waals surface area contributed by atoms with E-state index in [0.29, 0.717) is 6.61 Å². The standard InChI is InChI=1S/C12H19NO2/c1-3-10(13)7-8-15-12-6-4-5-11(9-12)14-2/h4-6,9-10H,3,7-8,13H2,1-2H3. The van der Waals surface area contributed by atoms with Crippen molar-refractivity contribution in [3.05, 3.63) is 24.3 Å². The lowest BCUT2D eigenvalue weighted by molar-refractivity contribution is 0.294. The van der Waals surface area contributed by atoms with Crippen LogP contribution in [0.3, 0.4) is 0 Å². The molecule has 1 aromatic carbocycles. The molecule has 1 aromatic rings. The molecule has 0 saturated heterocycles. The number of hydrogen-bond acceptors (Lipinski definition) is 3. The van der Waals surface area contributed by atoms with Crippen LogP contribution in [-0.4, -0.2) is 19.8 Å². The fourth-order valence-electron chi connectivity index (χ4n) is 1.22. The van der Waals surface area contributed by atoms with Crippen LogP contribution >= 0.6 is 0 Å². The smallest absolute Gasteiger partial charge is 0.122 e. The van der Waals surface area contributed by atoms with Crippen LogP contribution in [0.25, 0.3) is 0 Å². The molecule has 0 aromatic heterocycles. The van der Waals surface area contributed by atoms with E-state index in [2.05, 4.69) is 6.92 Å². The monoisotopic (exact) mass is 209 g/mol. The molecule has 0 aliphatic carbocycles. The molecule has 3 nitrogen and oxygen atoms in total. The van der Waals surface area contributed by atoms with E-state index in [1.807, 2.05) is 24.3 Å². The van der Waals surface area contributed by atoms with Gasteiger partial charge in [-0.3, -0.25) is 0 Å². The summed E-state index contributed by atoms with van der Waals surface area (Å²) in [6.07, 6.45) is 1.87. The molecule has 0 spiro atoms. The minimum Gasteiger partial charge on any atom is -0.497 e. The van der Waals surface area contributed by atoms with Gasteiger partial charge in [0.1, 0.15) is 11.5 Å². The van der Waals surface area contributed by atoms with Crippen molar-refractivity contribution >= 4 is 0 Å². The van der Waals surface area contributed by atoms with E-state index in [4.69, 9.17) is 15.2 Å². The van der Waals surface area contributed by atoms with Crippen molar-refractivity contribution in [2.75, 3.05) is 13.7 Å². The average molecular weight is 209 g/mol. The summed E-state index contributed by atoms with van der Waals surface area (Å²) >= 11 is 0. The third-order valence-corrected chi connectivity index (χ3v) is 2.32. The van der Waals surface area contributed by atoms with Crippen LogP contribution < -0.4 is 15.2 Å². The SMILES string of the molecule is CCC(N)CCOc1cccc(OC)c1. The van der Waals surface area contributed by atoms with Crippen LogP contribution in [-0.2, 0) is 0 Å². The number of ether oxygens (including phenoxy) is 2. The molecule has 0 radical (unpaired) electrons. The van der Waals surface area contributed by atoms with Gasteiger partial charge in [-0.05, 0) is 25.0 Å². The highest BCUT2D eigenvalue weighted by atomic mass is 16.5. The van der Waals surface area contributed by atoms with E-state index in [-0.39, 0.29) is 6.04 Å². The Kier molecular flexibility index (Phi) is 4.98. The van der Waals surface area contributed by atoms with Gasteiger partial charge in [0.25, 0.3) is 0 Å². The van der Waals surface area contributed by atoms with Crippen LogP contribution in [0.1, 0.15) is 19.8 Å². The van der Waals surface area contributed by atoms with Crippen molar-refractivity contribution in [3.8, 4) is 11.5 Å². The number of methoxy groups -OCH3 is 1. The van der Waals surface area contributed by atoms with E-state index >= 15 is 0 Å². The first-order chi connectivity index (χ1) is 7.26. The quantitative estimate of drug-likeness (QED) is 0.781. The molecule has 1 rings (SSSR count). The van der Waals surface area contributed by atoms with Crippen LogP contribution in [0.2, 0.25) is 0 Å². The molecule has 0 fully saturated rings. The van der Waals surface area contributed by atoms with E-state index in [1.54, 1.807) is 7.11 Å². The predicted octanol–water partition coefficient (Wildman–Crippen LogP) is 2.20. The highest BCUT2D eigenvalue weighted by molar-refractivity contribution is 5.32. The van der Waals surface area contributed by atoms with Gasteiger partial charge in [0.2, 0.25) is 0 Å². The van der Waals surface area contributed by atoms with Gasteiger partial charge >= 0.3 is 0 Å². The molecule has 1 unspecified atom stereocenters. The molecule has 1 atom stereocenters. The van der Waals surface area contributed by atoms with Crippen LogP contribution in [0, 0.1) is 0 Å². The van der Waals surface area contributed by atoms with E-state index < -0.39 is 0 Å². The number of rotatable bonds is 6. The molecule has 0 amide bonds. The minimum atomic E-state index is 0.232. The van der Waals surface area contributed by atoms with Crippen LogP contribution in [0.5, 0.6) is 11.5 Å². The topological polar surface area (TPSA) is 44.5 Å². The third kappa shape index (κ3) is 4.21. The second-order valence-corrected chi connectivity index (χ2v) is 3.48. The highest BCUT2D eigenvalue weighted by Gasteiger charge is 2.00. The van der Waals surface area contributed by atoms with Crippen LogP contribution in [0.15, 0.2) is 24.3 Å². The van der Waals surface area contributed by atoms with Crippen molar-refractivity contribution in [1.29, 1.82) is 0 Å². The Bertz CT molecular complexity index is 289. The fourth-order valence-corrected chi connectivity index (χ4v) is 1.22. The zero-order valence-corrected chi connectivity index (χ0v) is 9.40. The van der Waals surface area contributed by atoms with Gasteiger partial charge in [-0.2, -0.15) is 0 Å². The Morgan fingerprint density at radius 2 is 2.07 bits per heavy atom. The van der Waals surface area contributed by atoms with Crippen molar-refractivity contribution in [1.82, 2.24) is 0 Å². The molecule has 2 N–H and O–H groups in total. The molecular formula is C12H19NO2. The van der Waals surface area contributed by atoms with Gasteiger partial charge in [-0.1, -0.05) is 13.0 Å².